The van der Waals surface area contributed by atoms with Gasteiger partial charge in [0.2, 0.25) is 5.91 Å². The molecule has 1 aromatic carbocycles. The summed E-state index contributed by atoms with van der Waals surface area (Å²) >= 11 is 0. The number of amides is 1. The molecule has 3 heteroatoms. The molecule has 0 saturated carbocycles. The molecule has 0 fully saturated rings. The lowest BCUT2D eigenvalue weighted by atomic mass is 10.2. The minimum Gasteiger partial charge on any atom is -0.339 e. The average molecular weight is 233 g/mol. The highest BCUT2D eigenvalue weighted by Crippen LogP contribution is 2.06. The Labute approximate surface area is 102 Å². The Morgan fingerprint density at radius 3 is 2.53 bits per heavy atom. The van der Waals surface area contributed by atoms with Crippen LogP contribution in [0.15, 0.2) is 30.3 Å². The van der Waals surface area contributed by atoms with Gasteiger partial charge in [0, 0.05) is 26.4 Å². The van der Waals surface area contributed by atoms with Crippen LogP contribution in [0.4, 0.5) is 0 Å². The predicted molar refractivity (Wildman–Crippen MR) is 67.4 cm³/mol. The van der Waals surface area contributed by atoms with Gasteiger partial charge in [-0.3, -0.25) is 4.79 Å². The molecule has 1 aromatic rings. The van der Waals surface area contributed by atoms with Gasteiger partial charge in [0.1, 0.15) is 6.29 Å². The standard InChI is InChI=1S/C14H19NO2/c1-13(17)15(10-6-3-7-11-16)12-14-8-4-2-5-9-14/h2,4-5,8-9,11H,3,6-7,10,12H2,1H3. The van der Waals surface area contributed by atoms with Crippen molar-refractivity contribution in [3.63, 3.8) is 0 Å². The highest BCUT2D eigenvalue weighted by atomic mass is 16.2. The van der Waals surface area contributed by atoms with Crippen LogP contribution in [-0.4, -0.2) is 23.6 Å². The number of carbonyl (C=O) groups excluding carboxylic acids is 2. The molecule has 0 heterocycles. The van der Waals surface area contributed by atoms with Crippen LogP contribution in [0, 0.1) is 0 Å². The summed E-state index contributed by atoms with van der Waals surface area (Å²) in [6.07, 6.45) is 3.24. The molecule has 0 unspecified atom stereocenters. The summed E-state index contributed by atoms with van der Waals surface area (Å²) in [5, 5.41) is 0. The number of unbranched alkanes of at least 4 members (excludes halogenated alkanes) is 2. The summed E-state index contributed by atoms with van der Waals surface area (Å²) in [6, 6.07) is 9.94. The van der Waals surface area contributed by atoms with E-state index >= 15 is 0 Å². The van der Waals surface area contributed by atoms with E-state index in [1.807, 2.05) is 35.2 Å². The summed E-state index contributed by atoms with van der Waals surface area (Å²) in [6.45, 7) is 2.96. The molecule has 1 amide bonds. The van der Waals surface area contributed by atoms with E-state index in [0.717, 1.165) is 31.2 Å². The zero-order chi connectivity index (χ0) is 12.5. The van der Waals surface area contributed by atoms with Crippen molar-refractivity contribution < 1.29 is 9.59 Å². The molecule has 0 aliphatic carbocycles. The normalized spacial score (nSPS) is 9.94. The van der Waals surface area contributed by atoms with Gasteiger partial charge in [-0.25, -0.2) is 0 Å². The fourth-order valence-electron chi connectivity index (χ4n) is 1.68. The Kier molecular flexibility index (Phi) is 6.00. The number of nitrogens with zero attached hydrogens (tertiary/aromatic N) is 1. The van der Waals surface area contributed by atoms with Gasteiger partial charge in [0.15, 0.2) is 0 Å². The lowest BCUT2D eigenvalue weighted by molar-refractivity contribution is -0.129. The SMILES string of the molecule is CC(=O)N(CCCCC=O)Cc1ccccc1. The van der Waals surface area contributed by atoms with Gasteiger partial charge >= 0.3 is 0 Å². The van der Waals surface area contributed by atoms with Gasteiger partial charge in [0.05, 0.1) is 0 Å². The van der Waals surface area contributed by atoms with Crippen molar-refractivity contribution in [2.24, 2.45) is 0 Å². The lowest BCUT2D eigenvalue weighted by Gasteiger charge is -2.20. The molecule has 0 atom stereocenters. The molecule has 17 heavy (non-hydrogen) atoms. The van der Waals surface area contributed by atoms with Crippen molar-refractivity contribution >= 4 is 12.2 Å². The van der Waals surface area contributed by atoms with E-state index in [0.29, 0.717) is 13.0 Å². The molecule has 92 valence electrons. The molecule has 0 aliphatic rings. The third kappa shape index (κ3) is 5.29. The van der Waals surface area contributed by atoms with Crippen LogP contribution < -0.4 is 0 Å². The van der Waals surface area contributed by atoms with Crippen LogP contribution in [0.2, 0.25) is 0 Å². The number of rotatable bonds is 7. The molecule has 0 N–H and O–H groups in total. The lowest BCUT2D eigenvalue weighted by Crippen LogP contribution is -2.29. The van der Waals surface area contributed by atoms with Crippen LogP contribution in [0.3, 0.4) is 0 Å². The van der Waals surface area contributed by atoms with Crippen LogP contribution >= 0.6 is 0 Å². The van der Waals surface area contributed by atoms with Crippen molar-refractivity contribution in [1.82, 2.24) is 4.90 Å². The first-order chi connectivity index (χ1) is 8.24. The Morgan fingerprint density at radius 2 is 1.94 bits per heavy atom. The second kappa shape index (κ2) is 7.60. The van der Waals surface area contributed by atoms with Gasteiger partial charge in [-0.1, -0.05) is 30.3 Å². The summed E-state index contributed by atoms with van der Waals surface area (Å²) in [4.78, 5) is 23.5. The van der Waals surface area contributed by atoms with Crippen molar-refractivity contribution in [1.29, 1.82) is 0 Å². The smallest absolute Gasteiger partial charge is 0.219 e. The number of benzene rings is 1. The van der Waals surface area contributed by atoms with Crippen molar-refractivity contribution in [3.05, 3.63) is 35.9 Å². The van der Waals surface area contributed by atoms with Gasteiger partial charge in [-0.2, -0.15) is 0 Å². The van der Waals surface area contributed by atoms with Crippen molar-refractivity contribution in [2.75, 3.05) is 6.54 Å². The second-order valence-electron chi connectivity index (χ2n) is 4.09. The van der Waals surface area contributed by atoms with Crippen LogP contribution in [0.25, 0.3) is 0 Å². The molecule has 0 radical (unpaired) electrons. The fourth-order valence-corrected chi connectivity index (χ4v) is 1.68. The molecule has 1 rings (SSSR count). The highest BCUT2D eigenvalue weighted by molar-refractivity contribution is 5.73. The first kappa shape index (κ1) is 13.4. The van der Waals surface area contributed by atoms with E-state index in [1.54, 1.807) is 6.92 Å². The van der Waals surface area contributed by atoms with E-state index in [9.17, 15) is 9.59 Å². The maximum atomic E-state index is 11.5. The van der Waals surface area contributed by atoms with Crippen LogP contribution in [0.1, 0.15) is 31.7 Å². The molecular formula is C14H19NO2. The quantitative estimate of drug-likeness (QED) is 0.535. The van der Waals surface area contributed by atoms with E-state index in [1.165, 1.54) is 0 Å². The van der Waals surface area contributed by atoms with Gasteiger partial charge in [-0.15, -0.1) is 0 Å². The zero-order valence-electron chi connectivity index (χ0n) is 10.3. The maximum Gasteiger partial charge on any atom is 0.219 e. The summed E-state index contributed by atoms with van der Waals surface area (Å²) in [5.74, 6) is 0.0833. The summed E-state index contributed by atoms with van der Waals surface area (Å²) < 4.78 is 0. The summed E-state index contributed by atoms with van der Waals surface area (Å²) in [5.41, 5.74) is 1.14. The largest absolute Gasteiger partial charge is 0.339 e. The monoisotopic (exact) mass is 233 g/mol. The third-order valence-electron chi connectivity index (χ3n) is 2.66. The first-order valence-electron chi connectivity index (χ1n) is 5.97. The molecule has 0 aromatic heterocycles. The van der Waals surface area contributed by atoms with E-state index < -0.39 is 0 Å². The van der Waals surface area contributed by atoms with Crippen LogP contribution in [0.5, 0.6) is 0 Å². The molecule has 0 spiro atoms. The minimum atomic E-state index is 0.0833. The molecule has 0 saturated heterocycles. The summed E-state index contributed by atoms with van der Waals surface area (Å²) in [7, 11) is 0. The van der Waals surface area contributed by atoms with E-state index in [-0.39, 0.29) is 5.91 Å². The second-order valence-corrected chi connectivity index (χ2v) is 4.09. The molecule has 3 nitrogen and oxygen atoms in total. The number of carbonyl (C=O) groups is 2. The topological polar surface area (TPSA) is 37.4 Å². The third-order valence-corrected chi connectivity index (χ3v) is 2.66. The molecule has 0 bridgehead atoms. The highest BCUT2D eigenvalue weighted by Gasteiger charge is 2.08. The van der Waals surface area contributed by atoms with Gasteiger partial charge < -0.3 is 9.69 Å². The number of aldehydes is 1. The van der Waals surface area contributed by atoms with Crippen molar-refractivity contribution in [2.45, 2.75) is 32.7 Å². The number of hydrogen-bond donors (Lipinski definition) is 0. The maximum absolute atomic E-state index is 11.5. The Bertz CT molecular complexity index is 348. The van der Waals surface area contributed by atoms with E-state index in [4.69, 9.17) is 0 Å². The fraction of sp³-hybridized carbons (Fsp3) is 0.429. The zero-order valence-corrected chi connectivity index (χ0v) is 10.3. The minimum absolute atomic E-state index is 0.0833. The average Bonchev–Trinajstić information content (AvgIpc) is 2.34. The van der Waals surface area contributed by atoms with Gasteiger partial charge in [-0.05, 0) is 18.4 Å². The first-order valence-corrected chi connectivity index (χ1v) is 5.97. The predicted octanol–water partition coefficient (Wildman–Crippen LogP) is 2.40. The van der Waals surface area contributed by atoms with Crippen LogP contribution in [-0.2, 0) is 16.1 Å². The van der Waals surface area contributed by atoms with Gasteiger partial charge in [0.25, 0.3) is 0 Å². The Balaban J connectivity index is 2.43. The molecule has 0 aliphatic heterocycles. The number of hydrogen-bond acceptors (Lipinski definition) is 2. The Hall–Kier alpha value is -1.64. The van der Waals surface area contributed by atoms with Crippen molar-refractivity contribution in [3.8, 4) is 0 Å². The molecular weight excluding hydrogens is 214 g/mol. The van der Waals surface area contributed by atoms with E-state index in [2.05, 4.69) is 0 Å². The Morgan fingerprint density at radius 1 is 1.24 bits per heavy atom.